The van der Waals surface area contributed by atoms with E-state index in [-0.39, 0.29) is 12.1 Å². The van der Waals surface area contributed by atoms with Gasteiger partial charge in [-0.25, -0.2) is 4.79 Å². The third-order valence-corrected chi connectivity index (χ3v) is 4.77. The number of carbonyl (C=O) groups excluding carboxylic acids is 1. The van der Waals surface area contributed by atoms with Crippen molar-refractivity contribution < 1.29 is 4.79 Å². The van der Waals surface area contributed by atoms with Crippen LogP contribution in [0.25, 0.3) is 10.9 Å². The molecule has 148 valence electrons. The maximum atomic E-state index is 12.1. The van der Waals surface area contributed by atoms with Gasteiger partial charge < -0.3 is 15.5 Å². The number of anilines is 1. The Morgan fingerprint density at radius 2 is 1.96 bits per heavy atom. The third-order valence-electron chi connectivity index (χ3n) is 4.19. The first-order valence-corrected chi connectivity index (χ1v) is 10.5. The van der Waals surface area contributed by atoms with Crippen LogP contribution in [0, 0.1) is 0 Å². The number of pyridine rings is 1. The monoisotopic (exact) mass is 430 g/mol. The molecule has 0 aliphatic heterocycles. The van der Waals surface area contributed by atoms with E-state index >= 15 is 0 Å². The summed E-state index contributed by atoms with van der Waals surface area (Å²) < 4.78 is 0. The van der Waals surface area contributed by atoms with Gasteiger partial charge in [0, 0.05) is 59.7 Å². The van der Waals surface area contributed by atoms with Gasteiger partial charge in [-0.3, -0.25) is 4.98 Å². The molecule has 27 heavy (non-hydrogen) atoms. The van der Waals surface area contributed by atoms with E-state index < -0.39 is 0 Å². The van der Waals surface area contributed by atoms with Crippen molar-refractivity contribution in [2.24, 2.45) is 0 Å². The fourth-order valence-electron chi connectivity index (χ4n) is 2.82. The molecule has 0 radical (unpaired) electrons. The average Bonchev–Trinajstić information content (AvgIpc) is 2.65. The molecule has 0 aliphatic carbocycles. The number of nitrogens with zero attached hydrogens (tertiary/aromatic N) is 2. The van der Waals surface area contributed by atoms with Crippen LogP contribution in [0.15, 0.2) is 30.5 Å². The minimum Gasteiger partial charge on any atom is -0.382 e. The first-order valence-electron chi connectivity index (χ1n) is 9.00. The highest BCUT2D eigenvalue weighted by atomic mass is 35.5. The molecule has 2 N–H and O–H groups in total. The number of benzene rings is 1. The summed E-state index contributed by atoms with van der Waals surface area (Å²) in [7, 11) is 0. The summed E-state index contributed by atoms with van der Waals surface area (Å²) >= 11 is 17.5. The standard InChI is InChI=1S/C19H25Cl3N4O/c1-14(3-2-9-24-19(27)26(11-7-20)12-8-21)25-17-6-10-23-18-13-15(22)4-5-16(17)18/h4-6,10,13-14H,2-3,7-9,11-12H2,1H3,(H,23,25)(H,24,27). The van der Waals surface area contributed by atoms with Crippen LogP contribution in [0.1, 0.15) is 19.8 Å². The highest BCUT2D eigenvalue weighted by molar-refractivity contribution is 6.31. The van der Waals surface area contributed by atoms with Gasteiger partial charge in [0.1, 0.15) is 0 Å². The highest BCUT2D eigenvalue weighted by Crippen LogP contribution is 2.25. The van der Waals surface area contributed by atoms with Gasteiger partial charge in [0.25, 0.3) is 0 Å². The zero-order chi connectivity index (χ0) is 19.6. The van der Waals surface area contributed by atoms with Gasteiger partial charge in [-0.05, 0) is 44.0 Å². The molecular formula is C19H25Cl3N4O. The van der Waals surface area contributed by atoms with E-state index in [4.69, 9.17) is 34.8 Å². The van der Waals surface area contributed by atoms with E-state index in [9.17, 15) is 4.79 Å². The molecule has 0 aliphatic rings. The van der Waals surface area contributed by atoms with E-state index in [0.717, 1.165) is 29.4 Å². The summed E-state index contributed by atoms with van der Waals surface area (Å²) in [6.07, 6.45) is 3.56. The molecule has 1 aromatic heterocycles. The quantitative estimate of drug-likeness (QED) is 0.413. The van der Waals surface area contributed by atoms with Crippen molar-refractivity contribution in [3.8, 4) is 0 Å². The Morgan fingerprint density at radius 1 is 1.22 bits per heavy atom. The Morgan fingerprint density at radius 3 is 2.67 bits per heavy atom. The Kier molecular flexibility index (Phi) is 9.25. The smallest absolute Gasteiger partial charge is 0.317 e. The topological polar surface area (TPSA) is 57.3 Å². The van der Waals surface area contributed by atoms with Crippen LogP contribution in [0.2, 0.25) is 5.02 Å². The third kappa shape index (κ3) is 6.91. The summed E-state index contributed by atoms with van der Waals surface area (Å²) in [6, 6.07) is 7.80. The minimum atomic E-state index is -0.117. The van der Waals surface area contributed by atoms with Crippen molar-refractivity contribution in [3.63, 3.8) is 0 Å². The maximum Gasteiger partial charge on any atom is 0.317 e. The van der Waals surface area contributed by atoms with Crippen molar-refractivity contribution in [2.45, 2.75) is 25.8 Å². The lowest BCUT2D eigenvalue weighted by Crippen LogP contribution is -2.42. The molecule has 2 rings (SSSR count). The summed E-state index contributed by atoms with van der Waals surface area (Å²) in [6.45, 7) is 3.73. The van der Waals surface area contributed by atoms with E-state index in [1.165, 1.54) is 0 Å². The van der Waals surface area contributed by atoms with Gasteiger partial charge in [0.05, 0.1) is 5.52 Å². The van der Waals surface area contributed by atoms with Crippen molar-refractivity contribution in [3.05, 3.63) is 35.5 Å². The number of nitrogens with one attached hydrogen (secondary N) is 2. The first-order chi connectivity index (χ1) is 13.0. The molecule has 5 nitrogen and oxygen atoms in total. The van der Waals surface area contributed by atoms with E-state index in [1.54, 1.807) is 11.1 Å². The van der Waals surface area contributed by atoms with Crippen molar-refractivity contribution in [1.82, 2.24) is 15.2 Å². The second kappa shape index (κ2) is 11.4. The van der Waals surface area contributed by atoms with Crippen molar-refractivity contribution in [2.75, 3.05) is 36.7 Å². The van der Waals surface area contributed by atoms with Crippen LogP contribution in [-0.2, 0) is 0 Å². The van der Waals surface area contributed by atoms with Crippen LogP contribution in [0.3, 0.4) is 0 Å². The SMILES string of the molecule is CC(CCCNC(=O)N(CCCl)CCCl)Nc1ccnc2cc(Cl)ccc12. The zero-order valence-corrected chi connectivity index (χ0v) is 17.6. The average molecular weight is 432 g/mol. The molecule has 0 saturated heterocycles. The molecule has 0 fully saturated rings. The number of rotatable bonds is 10. The second-order valence-corrected chi connectivity index (χ2v) is 7.50. The molecule has 1 aromatic carbocycles. The number of amides is 2. The fraction of sp³-hybridized carbons (Fsp3) is 0.474. The number of carbonyl (C=O) groups is 1. The van der Waals surface area contributed by atoms with E-state index in [1.807, 2.05) is 24.3 Å². The summed E-state index contributed by atoms with van der Waals surface area (Å²) in [4.78, 5) is 18.1. The lowest BCUT2D eigenvalue weighted by Gasteiger charge is -2.21. The second-order valence-electron chi connectivity index (χ2n) is 6.30. The summed E-state index contributed by atoms with van der Waals surface area (Å²) in [5, 5.41) is 8.16. The predicted octanol–water partition coefficient (Wildman–Crippen LogP) is 4.96. The normalized spacial score (nSPS) is 12.0. The molecule has 1 heterocycles. The largest absolute Gasteiger partial charge is 0.382 e. The molecule has 1 atom stereocenters. The molecule has 1 unspecified atom stereocenters. The van der Waals surface area contributed by atoms with Gasteiger partial charge in [-0.2, -0.15) is 0 Å². The molecule has 0 saturated carbocycles. The molecule has 0 spiro atoms. The maximum absolute atomic E-state index is 12.1. The number of aromatic nitrogens is 1. The molecule has 2 aromatic rings. The molecule has 8 heteroatoms. The number of hydrogen-bond acceptors (Lipinski definition) is 3. The number of hydrogen-bond donors (Lipinski definition) is 2. The Bertz CT molecular complexity index is 738. The van der Waals surface area contributed by atoms with Gasteiger partial charge in [0.2, 0.25) is 0 Å². The highest BCUT2D eigenvalue weighted by Gasteiger charge is 2.12. The van der Waals surface area contributed by atoms with Gasteiger partial charge in [-0.1, -0.05) is 11.6 Å². The fourth-order valence-corrected chi connectivity index (χ4v) is 3.39. The summed E-state index contributed by atoms with van der Waals surface area (Å²) in [5.74, 6) is 0.798. The Labute approximate surface area is 175 Å². The minimum absolute atomic E-state index is 0.117. The number of fused-ring (bicyclic) bond motifs is 1. The predicted molar refractivity (Wildman–Crippen MR) is 115 cm³/mol. The van der Waals surface area contributed by atoms with E-state index in [2.05, 4.69) is 22.5 Å². The van der Waals surface area contributed by atoms with Crippen LogP contribution >= 0.6 is 34.8 Å². The van der Waals surface area contributed by atoms with Gasteiger partial charge >= 0.3 is 6.03 Å². The lowest BCUT2D eigenvalue weighted by molar-refractivity contribution is 0.203. The van der Waals surface area contributed by atoms with E-state index in [0.29, 0.717) is 36.4 Å². The molecule has 2 amide bonds. The van der Waals surface area contributed by atoms with Gasteiger partial charge in [0.15, 0.2) is 0 Å². The molecule has 0 bridgehead atoms. The van der Waals surface area contributed by atoms with Crippen LogP contribution in [0.4, 0.5) is 10.5 Å². The van der Waals surface area contributed by atoms with Crippen molar-refractivity contribution >= 4 is 57.4 Å². The van der Waals surface area contributed by atoms with Crippen LogP contribution in [0.5, 0.6) is 0 Å². The van der Waals surface area contributed by atoms with Crippen molar-refractivity contribution in [1.29, 1.82) is 0 Å². The summed E-state index contributed by atoms with van der Waals surface area (Å²) in [5.41, 5.74) is 1.90. The van der Waals surface area contributed by atoms with Crippen LogP contribution in [-0.4, -0.2) is 53.4 Å². The number of halogens is 3. The Hall–Kier alpha value is -1.43. The zero-order valence-electron chi connectivity index (χ0n) is 15.4. The molecular weight excluding hydrogens is 407 g/mol. The number of alkyl halides is 2. The van der Waals surface area contributed by atoms with Crippen LogP contribution < -0.4 is 10.6 Å². The first kappa shape index (κ1) is 21.9. The van der Waals surface area contributed by atoms with Gasteiger partial charge in [-0.15, -0.1) is 23.2 Å². The lowest BCUT2D eigenvalue weighted by atomic mass is 10.1. The number of urea groups is 1. The Balaban J connectivity index is 1.80.